The molecule has 0 aliphatic carbocycles. The summed E-state index contributed by atoms with van der Waals surface area (Å²) in [4.78, 5) is 29.3. The number of esters is 1. The molecule has 2 aliphatic rings. The maximum absolute atomic E-state index is 13.9. The highest BCUT2D eigenvalue weighted by Crippen LogP contribution is 2.39. The van der Waals surface area contributed by atoms with Gasteiger partial charge in [0.25, 0.3) is 0 Å². The molecule has 0 unspecified atom stereocenters. The van der Waals surface area contributed by atoms with Gasteiger partial charge in [-0.3, -0.25) is 14.5 Å². The van der Waals surface area contributed by atoms with Crippen LogP contribution in [0.4, 0.5) is 0 Å². The monoisotopic (exact) mass is 859 g/mol. The normalized spacial score (nSPS) is 20.1. The summed E-state index contributed by atoms with van der Waals surface area (Å²) in [7, 11) is -3.99. The fraction of sp³-hybridized carbons (Fsp3) is 0.360. The Bertz CT molecular complexity index is 2380. The first kappa shape index (κ1) is 44.8. The van der Waals surface area contributed by atoms with E-state index in [4.69, 9.17) is 14.2 Å². The first-order chi connectivity index (χ1) is 29.7. The molecule has 0 spiro atoms. The first-order valence-electron chi connectivity index (χ1n) is 21.3. The van der Waals surface area contributed by atoms with Crippen molar-refractivity contribution in [3.05, 3.63) is 161 Å². The van der Waals surface area contributed by atoms with Crippen molar-refractivity contribution in [2.24, 2.45) is 0 Å². The van der Waals surface area contributed by atoms with Gasteiger partial charge in [0.15, 0.2) is 6.29 Å². The van der Waals surface area contributed by atoms with Gasteiger partial charge in [-0.15, -0.1) is 0 Å². The molecule has 11 nitrogen and oxygen atoms in total. The zero-order chi connectivity index (χ0) is 43.9. The molecule has 3 N–H and O–H groups in total. The summed E-state index contributed by atoms with van der Waals surface area (Å²) in [6.07, 6.45) is 1.18. The van der Waals surface area contributed by atoms with Gasteiger partial charge in [-0.05, 0) is 99.0 Å². The second-order valence-corrected chi connectivity index (χ2v) is 18.9. The number of amides is 1. The van der Waals surface area contributed by atoms with Crippen molar-refractivity contribution in [1.29, 1.82) is 0 Å². The molecule has 62 heavy (non-hydrogen) atoms. The third-order valence-corrected chi connectivity index (χ3v) is 12.8. The van der Waals surface area contributed by atoms with E-state index in [0.717, 1.165) is 63.9 Å². The van der Waals surface area contributed by atoms with Crippen LogP contribution in [0.5, 0.6) is 0 Å². The molecule has 5 atom stereocenters. The molecule has 1 amide bonds. The third kappa shape index (κ3) is 11.6. The third-order valence-electron chi connectivity index (χ3n) is 11.3. The maximum Gasteiger partial charge on any atom is 0.323 e. The Kier molecular flexibility index (Phi) is 14.4. The predicted octanol–water partition coefficient (Wildman–Crippen LogP) is 7.71. The average molecular weight is 860 g/mol. The van der Waals surface area contributed by atoms with Crippen molar-refractivity contribution in [3.63, 3.8) is 0 Å². The summed E-state index contributed by atoms with van der Waals surface area (Å²) in [5.74, 6) is -0.650. The van der Waals surface area contributed by atoms with Crippen LogP contribution in [0.15, 0.2) is 132 Å². The van der Waals surface area contributed by atoms with Crippen LogP contribution in [0, 0.1) is 6.92 Å². The molecule has 12 heteroatoms. The van der Waals surface area contributed by atoms with Crippen molar-refractivity contribution in [1.82, 2.24) is 14.9 Å². The van der Waals surface area contributed by atoms with E-state index < -0.39 is 33.9 Å². The van der Waals surface area contributed by atoms with E-state index >= 15 is 0 Å². The minimum absolute atomic E-state index is 0.0477. The van der Waals surface area contributed by atoms with Gasteiger partial charge >= 0.3 is 5.97 Å². The van der Waals surface area contributed by atoms with Crippen LogP contribution in [0.1, 0.15) is 85.8 Å². The maximum atomic E-state index is 13.9. The van der Waals surface area contributed by atoms with E-state index in [-0.39, 0.29) is 48.7 Å². The highest BCUT2D eigenvalue weighted by Gasteiger charge is 2.39. The first-order valence-corrected chi connectivity index (χ1v) is 22.8. The van der Waals surface area contributed by atoms with Crippen molar-refractivity contribution in [2.45, 2.75) is 108 Å². The van der Waals surface area contributed by atoms with E-state index in [2.05, 4.69) is 14.9 Å². The quantitative estimate of drug-likeness (QED) is 0.0903. The number of nitrogens with one attached hydrogen (secondary N) is 2. The molecule has 5 aromatic carbocycles. The number of aryl methyl sites for hydroxylation is 1. The van der Waals surface area contributed by atoms with Gasteiger partial charge in [-0.2, -0.15) is 4.72 Å². The van der Waals surface area contributed by atoms with E-state index in [1.165, 1.54) is 12.1 Å². The van der Waals surface area contributed by atoms with Gasteiger partial charge in [-0.25, -0.2) is 8.42 Å². The second-order valence-electron chi connectivity index (χ2n) is 17.2. The lowest BCUT2D eigenvalue weighted by Crippen LogP contribution is -2.47. The highest BCUT2D eigenvalue weighted by molar-refractivity contribution is 7.89. The number of hydrogen-bond donors (Lipinski definition) is 3. The number of carbonyl (C=O) groups excluding carboxylic acids is 2. The zero-order valence-corrected chi connectivity index (χ0v) is 36.6. The molecule has 0 radical (unpaired) electrons. The van der Waals surface area contributed by atoms with Crippen molar-refractivity contribution >= 4 is 21.9 Å². The average Bonchev–Trinajstić information content (AvgIpc) is 3.73. The zero-order valence-electron chi connectivity index (χ0n) is 35.8. The molecule has 0 bridgehead atoms. The standard InChI is InChI=1S/C50H57N3O8S/c1-34-16-26-42(27-17-34)62(57,58)52-44(29-35-11-6-5-7-12-35)47(55)51-31-40-13-8-9-14-43(40)37-22-24-39(25-23-37)49-59-41(30-46(60-49)38-20-18-36(33-54)19-21-38)32-53-28-10-15-45(53)48(56)61-50(2,3)4/h5-9,11-14,16-27,41,44-46,49,52,54H,10,15,28-33H2,1-4H3,(H,51,55)/t41-,44+,45-,46+,49+/m0/s1. The number of ether oxygens (including phenoxy) is 3. The van der Waals surface area contributed by atoms with Gasteiger partial charge in [0.1, 0.15) is 17.7 Å². The molecule has 5 aromatic rings. The summed E-state index contributed by atoms with van der Waals surface area (Å²) in [6.45, 7) is 8.98. The van der Waals surface area contributed by atoms with Gasteiger partial charge in [0, 0.05) is 25.1 Å². The number of sulfonamides is 1. The highest BCUT2D eigenvalue weighted by atomic mass is 32.2. The van der Waals surface area contributed by atoms with Gasteiger partial charge in [0.05, 0.1) is 23.7 Å². The van der Waals surface area contributed by atoms with Crippen LogP contribution in [0.2, 0.25) is 0 Å². The second kappa shape index (κ2) is 19.9. The van der Waals surface area contributed by atoms with Gasteiger partial charge < -0.3 is 24.6 Å². The Morgan fingerprint density at radius 1 is 0.839 bits per heavy atom. The Hall–Kier alpha value is -5.21. The summed E-state index contributed by atoms with van der Waals surface area (Å²) >= 11 is 0. The molecular formula is C50H57N3O8S. The molecular weight excluding hydrogens is 803 g/mol. The molecule has 2 saturated heterocycles. The molecule has 2 fully saturated rings. The smallest absolute Gasteiger partial charge is 0.323 e. The SMILES string of the molecule is Cc1ccc(S(=O)(=O)N[C@H](Cc2ccccc2)C(=O)NCc2ccccc2-c2ccc([C@@H]3O[C@H](CN4CCC[C@H]4C(=O)OC(C)(C)C)C[C@H](c4ccc(CO)cc4)O3)cc2)cc1. The fourth-order valence-electron chi connectivity index (χ4n) is 8.07. The van der Waals surface area contributed by atoms with E-state index in [1.807, 2.05) is 131 Å². The van der Waals surface area contributed by atoms with E-state index in [9.17, 15) is 23.1 Å². The Morgan fingerprint density at radius 3 is 2.21 bits per heavy atom. The molecule has 2 heterocycles. The number of aliphatic hydroxyl groups excluding tert-OH is 1. The molecule has 2 aliphatic heterocycles. The summed E-state index contributed by atoms with van der Waals surface area (Å²) < 4.78 is 48.7. The van der Waals surface area contributed by atoms with Gasteiger partial charge in [-0.1, -0.05) is 121 Å². The summed E-state index contributed by atoms with van der Waals surface area (Å²) in [6, 6.07) is 38.0. The summed E-state index contributed by atoms with van der Waals surface area (Å²) in [5, 5.41) is 12.7. The number of rotatable bonds is 15. The number of nitrogens with zero attached hydrogens (tertiary/aromatic N) is 1. The lowest BCUT2D eigenvalue weighted by atomic mass is 9.97. The van der Waals surface area contributed by atoms with Gasteiger partial charge in [0.2, 0.25) is 15.9 Å². The Morgan fingerprint density at radius 2 is 1.52 bits per heavy atom. The van der Waals surface area contributed by atoms with Crippen LogP contribution in [0.3, 0.4) is 0 Å². The molecule has 326 valence electrons. The number of carbonyl (C=O) groups is 2. The minimum Gasteiger partial charge on any atom is -0.459 e. The topological polar surface area (TPSA) is 144 Å². The van der Waals surface area contributed by atoms with Crippen LogP contribution in [0.25, 0.3) is 11.1 Å². The van der Waals surface area contributed by atoms with E-state index in [0.29, 0.717) is 13.0 Å². The van der Waals surface area contributed by atoms with Crippen molar-refractivity contribution in [2.75, 3.05) is 13.1 Å². The molecule has 7 rings (SSSR count). The predicted molar refractivity (Wildman–Crippen MR) is 238 cm³/mol. The molecule has 0 aromatic heterocycles. The Balaban J connectivity index is 1.07. The number of hydrogen-bond acceptors (Lipinski definition) is 9. The van der Waals surface area contributed by atoms with Crippen molar-refractivity contribution < 1.29 is 37.3 Å². The summed E-state index contributed by atoms with van der Waals surface area (Å²) in [5.41, 5.74) is 6.49. The van der Waals surface area contributed by atoms with E-state index in [1.54, 1.807) is 12.1 Å². The fourth-order valence-corrected chi connectivity index (χ4v) is 9.26. The number of benzene rings is 5. The van der Waals surface area contributed by atoms with Crippen LogP contribution >= 0.6 is 0 Å². The molecule has 0 saturated carbocycles. The van der Waals surface area contributed by atoms with Crippen LogP contribution in [-0.4, -0.2) is 67.2 Å². The number of aliphatic hydroxyl groups is 1. The number of likely N-dealkylation sites (tertiary alicyclic amines) is 1. The van der Waals surface area contributed by atoms with Crippen molar-refractivity contribution in [3.8, 4) is 11.1 Å². The Labute approximate surface area is 365 Å². The minimum atomic E-state index is -3.99. The van der Waals surface area contributed by atoms with Crippen LogP contribution in [-0.2, 0) is 53.4 Å². The lowest BCUT2D eigenvalue weighted by Gasteiger charge is -2.38. The van der Waals surface area contributed by atoms with Crippen LogP contribution < -0.4 is 10.0 Å². The lowest BCUT2D eigenvalue weighted by molar-refractivity contribution is -0.253. The largest absolute Gasteiger partial charge is 0.459 e.